The van der Waals surface area contributed by atoms with Crippen LogP contribution in [0.15, 0.2) is 82.7 Å². The Bertz CT molecular complexity index is 1280. The molecular formula is C20H16BrN5O3S. The second-order valence-corrected chi connectivity index (χ2v) is 8.75. The first-order valence-electron chi connectivity index (χ1n) is 8.80. The molecule has 4 rings (SSSR count). The lowest BCUT2D eigenvalue weighted by Crippen LogP contribution is -2.13. The predicted octanol–water partition coefficient (Wildman–Crippen LogP) is 4.33. The highest BCUT2D eigenvalue weighted by molar-refractivity contribution is 9.10. The summed E-state index contributed by atoms with van der Waals surface area (Å²) in [4.78, 5) is 12.8. The minimum Gasteiger partial charge on any atom is -0.439 e. The Morgan fingerprint density at radius 3 is 2.53 bits per heavy atom. The number of rotatable bonds is 6. The third-order valence-corrected chi connectivity index (χ3v) is 6.42. The number of hydrogen-bond donors (Lipinski definition) is 1. The quantitative estimate of drug-likeness (QED) is 0.436. The second-order valence-electron chi connectivity index (χ2n) is 6.24. The van der Waals surface area contributed by atoms with Gasteiger partial charge in [0.1, 0.15) is 28.6 Å². The molecule has 0 atom stereocenters. The van der Waals surface area contributed by atoms with Gasteiger partial charge in [0.05, 0.1) is 0 Å². The molecule has 1 N–H and O–H groups in total. The number of aromatic nitrogens is 4. The van der Waals surface area contributed by atoms with Crippen LogP contribution < -0.4 is 9.46 Å². The van der Waals surface area contributed by atoms with Crippen LogP contribution in [0.5, 0.6) is 11.6 Å². The molecule has 0 saturated carbocycles. The summed E-state index contributed by atoms with van der Waals surface area (Å²) in [6.07, 6.45) is 5.07. The van der Waals surface area contributed by atoms with E-state index in [2.05, 4.69) is 35.6 Å². The van der Waals surface area contributed by atoms with Crippen LogP contribution in [0.25, 0.3) is 5.82 Å². The third-order valence-electron chi connectivity index (χ3n) is 4.02. The molecule has 0 spiro atoms. The molecule has 2 heterocycles. The normalized spacial score (nSPS) is 11.3. The van der Waals surface area contributed by atoms with Gasteiger partial charge < -0.3 is 4.74 Å². The lowest BCUT2D eigenvalue weighted by Gasteiger charge is -2.11. The first-order valence-corrected chi connectivity index (χ1v) is 11.1. The van der Waals surface area contributed by atoms with Crippen LogP contribution in [0.1, 0.15) is 5.82 Å². The summed E-state index contributed by atoms with van der Waals surface area (Å²) in [6, 6.07) is 14.9. The Hall–Kier alpha value is -3.24. The molecule has 0 saturated heterocycles. The molecule has 0 fully saturated rings. The molecule has 0 amide bonds. The Kier molecular flexibility index (Phi) is 5.51. The van der Waals surface area contributed by atoms with E-state index < -0.39 is 10.0 Å². The van der Waals surface area contributed by atoms with Gasteiger partial charge >= 0.3 is 0 Å². The van der Waals surface area contributed by atoms with Crippen LogP contribution in [0.4, 0.5) is 5.69 Å². The molecule has 2 aromatic carbocycles. The van der Waals surface area contributed by atoms with Gasteiger partial charge in [0, 0.05) is 28.6 Å². The predicted molar refractivity (Wildman–Crippen MR) is 115 cm³/mol. The molecule has 0 aliphatic rings. The Labute approximate surface area is 181 Å². The lowest BCUT2D eigenvalue weighted by atomic mass is 10.3. The number of nitrogens with one attached hydrogen (secondary N) is 1. The van der Waals surface area contributed by atoms with Crippen molar-refractivity contribution in [2.45, 2.75) is 11.8 Å². The van der Waals surface area contributed by atoms with Gasteiger partial charge in [-0.3, -0.25) is 9.29 Å². The third kappa shape index (κ3) is 4.50. The van der Waals surface area contributed by atoms with Gasteiger partial charge in [-0.25, -0.2) is 18.4 Å². The summed E-state index contributed by atoms with van der Waals surface area (Å²) in [5.74, 6) is 2.06. The molecule has 30 heavy (non-hydrogen) atoms. The van der Waals surface area contributed by atoms with E-state index >= 15 is 0 Å². The highest BCUT2D eigenvalue weighted by Crippen LogP contribution is 2.26. The summed E-state index contributed by atoms with van der Waals surface area (Å²) in [6.45, 7) is 1.77. The van der Waals surface area contributed by atoms with Crippen LogP contribution in [0.3, 0.4) is 0 Å². The monoisotopic (exact) mass is 485 g/mol. The summed E-state index contributed by atoms with van der Waals surface area (Å²) in [5, 5.41) is 0. The zero-order valence-electron chi connectivity index (χ0n) is 15.7. The molecule has 0 bridgehead atoms. The van der Waals surface area contributed by atoms with Crippen molar-refractivity contribution in [2.75, 3.05) is 4.72 Å². The zero-order chi connectivity index (χ0) is 21.1. The first-order chi connectivity index (χ1) is 14.4. The van der Waals surface area contributed by atoms with Gasteiger partial charge in [-0.15, -0.1) is 0 Å². The molecule has 0 radical (unpaired) electrons. The van der Waals surface area contributed by atoms with Crippen molar-refractivity contribution >= 4 is 31.6 Å². The fourth-order valence-electron chi connectivity index (χ4n) is 2.69. The topological polar surface area (TPSA) is 99.0 Å². The van der Waals surface area contributed by atoms with Crippen LogP contribution in [-0.4, -0.2) is 27.9 Å². The van der Waals surface area contributed by atoms with E-state index in [1.54, 1.807) is 78.7 Å². The maximum absolute atomic E-state index is 12.6. The average Bonchev–Trinajstić information content (AvgIpc) is 3.24. The van der Waals surface area contributed by atoms with Crippen LogP contribution in [0, 0.1) is 6.92 Å². The number of nitrogens with zero attached hydrogens (tertiary/aromatic N) is 4. The second kappa shape index (κ2) is 8.25. The number of anilines is 1. The van der Waals surface area contributed by atoms with Gasteiger partial charge in [-0.1, -0.05) is 12.1 Å². The molecular weight excluding hydrogens is 470 g/mol. The highest BCUT2D eigenvalue weighted by Gasteiger charge is 2.17. The molecule has 10 heteroatoms. The minimum atomic E-state index is -3.72. The van der Waals surface area contributed by atoms with Gasteiger partial charge in [0.15, 0.2) is 0 Å². The van der Waals surface area contributed by atoms with Crippen molar-refractivity contribution in [3.63, 3.8) is 0 Å². The molecule has 4 aromatic rings. The van der Waals surface area contributed by atoms with Crippen molar-refractivity contribution in [2.24, 2.45) is 0 Å². The maximum atomic E-state index is 12.6. The van der Waals surface area contributed by atoms with Crippen LogP contribution in [-0.2, 0) is 10.0 Å². The summed E-state index contributed by atoms with van der Waals surface area (Å²) in [7, 11) is -3.72. The van der Waals surface area contributed by atoms with Crippen molar-refractivity contribution in [1.29, 1.82) is 0 Å². The Balaban J connectivity index is 1.52. The van der Waals surface area contributed by atoms with Gasteiger partial charge in [-0.2, -0.15) is 4.98 Å². The van der Waals surface area contributed by atoms with Crippen LogP contribution >= 0.6 is 15.9 Å². The van der Waals surface area contributed by atoms with E-state index in [0.29, 0.717) is 33.4 Å². The van der Waals surface area contributed by atoms with E-state index in [1.165, 1.54) is 6.07 Å². The largest absolute Gasteiger partial charge is 0.439 e. The molecule has 8 nitrogen and oxygen atoms in total. The van der Waals surface area contributed by atoms with Gasteiger partial charge in [0.2, 0.25) is 5.88 Å². The number of imidazole rings is 1. The average molecular weight is 486 g/mol. The fourth-order valence-corrected chi connectivity index (χ4v) is 4.75. The van der Waals surface area contributed by atoms with Crippen molar-refractivity contribution in [3.05, 3.63) is 83.6 Å². The Morgan fingerprint density at radius 1 is 1.07 bits per heavy atom. The van der Waals surface area contributed by atoms with E-state index in [9.17, 15) is 8.42 Å². The van der Waals surface area contributed by atoms with Gasteiger partial charge in [0.25, 0.3) is 10.0 Å². The molecule has 152 valence electrons. The molecule has 0 aliphatic heterocycles. The van der Waals surface area contributed by atoms with E-state index in [0.717, 1.165) is 0 Å². The van der Waals surface area contributed by atoms with E-state index in [4.69, 9.17) is 4.74 Å². The summed E-state index contributed by atoms with van der Waals surface area (Å²) in [5.41, 5.74) is 0.413. The number of ether oxygens (including phenoxy) is 1. The van der Waals surface area contributed by atoms with Crippen molar-refractivity contribution in [3.8, 4) is 17.4 Å². The summed E-state index contributed by atoms with van der Waals surface area (Å²) < 4.78 is 35.8. The molecule has 0 aliphatic carbocycles. The van der Waals surface area contributed by atoms with Crippen molar-refractivity contribution < 1.29 is 13.2 Å². The smallest absolute Gasteiger partial charge is 0.263 e. The minimum absolute atomic E-state index is 0.161. The number of hydrogen-bond acceptors (Lipinski definition) is 6. The zero-order valence-corrected chi connectivity index (χ0v) is 18.1. The van der Waals surface area contributed by atoms with Crippen LogP contribution in [0.2, 0.25) is 0 Å². The number of sulfonamides is 1. The lowest BCUT2D eigenvalue weighted by molar-refractivity contribution is 0.459. The Morgan fingerprint density at radius 2 is 1.83 bits per heavy atom. The highest BCUT2D eigenvalue weighted by atomic mass is 79.9. The van der Waals surface area contributed by atoms with Gasteiger partial charge in [-0.05, 0) is 59.3 Å². The number of halogens is 1. The number of benzene rings is 2. The van der Waals surface area contributed by atoms with Crippen molar-refractivity contribution in [1.82, 2.24) is 19.5 Å². The SMILES string of the molecule is Cc1nc(Oc2ccc(NS(=O)(=O)c3ccccc3Br)cc2)cc(-n2ccnc2)n1. The van der Waals surface area contributed by atoms with E-state index in [-0.39, 0.29) is 4.90 Å². The molecule has 2 aromatic heterocycles. The maximum Gasteiger partial charge on any atom is 0.263 e. The number of aryl methyl sites for hydroxylation is 1. The summed E-state index contributed by atoms with van der Waals surface area (Å²) >= 11 is 3.26. The standard InChI is InChI=1S/C20H16BrN5O3S/c1-14-23-19(26-11-10-22-13-26)12-20(24-14)29-16-8-6-15(7-9-16)25-30(27,28)18-5-3-2-4-17(18)21/h2-13,25H,1H3. The first kappa shape index (κ1) is 20.0. The molecule has 0 unspecified atom stereocenters. The fraction of sp³-hybridized carbons (Fsp3) is 0.0500. The van der Waals surface area contributed by atoms with E-state index in [1.807, 2.05) is 0 Å².